The summed E-state index contributed by atoms with van der Waals surface area (Å²) in [7, 11) is 0. The molecule has 0 N–H and O–H groups in total. The first-order valence-corrected chi connectivity index (χ1v) is 5.31. The maximum atomic E-state index is 8.34. The minimum absolute atomic E-state index is 0.616. The minimum Gasteiger partial charge on any atom is -0.0815 e. The van der Waals surface area contributed by atoms with E-state index in [4.69, 9.17) is 11.1 Å². The quantitative estimate of drug-likeness (QED) is 0.240. The van der Waals surface area contributed by atoms with Gasteiger partial charge in [-0.15, -0.1) is 0 Å². The molecule has 0 aromatic rings. The van der Waals surface area contributed by atoms with Gasteiger partial charge in [0.25, 0.3) is 0 Å². The first kappa shape index (κ1) is 13.6. The fourth-order valence-electron chi connectivity index (χ4n) is 1.38. The van der Waals surface area contributed by atoms with E-state index in [1.807, 2.05) is 0 Å². The van der Waals surface area contributed by atoms with E-state index in [1.54, 1.807) is 6.92 Å². The van der Waals surface area contributed by atoms with Crippen molar-refractivity contribution in [3.8, 4) is 0 Å². The fraction of sp³-hybridized carbons (Fsp3) is 1.00. The zero-order valence-corrected chi connectivity index (χ0v) is 9.43. The van der Waals surface area contributed by atoms with Crippen molar-refractivity contribution in [1.29, 1.82) is 0 Å². The van der Waals surface area contributed by atoms with Crippen molar-refractivity contribution in [2.75, 3.05) is 0 Å². The van der Waals surface area contributed by atoms with Gasteiger partial charge in [-0.25, -0.2) is 0 Å². The summed E-state index contributed by atoms with van der Waals surface area (Å²) in [5.41, 5.74) is 15.8. The summed E-state index contributed by atoms with van der Waals surface area (Å²) in [6.45, 7) is 3.82. The third-order valence-electron chi connectivity index (χ3n) is 2.27. The smallest absolute Gasteiger partial charge is 0.0815 e. The summed E-state index contributed by atoms with van der Waals surface area (Å²) in [6, 6.07) is 0. The van der Waals surface area contributed by atoms with Crippen molar-refractivity contribution in [3.05, 3.63) is 20.9 Å². The fourth-order valence-corrected chi connectivity index (χ4v) is 1.38. The highest BCUT2D eigenvalue weighted by Crippen LogP contribution is 2.22. The van der Waals surface area contributed by atoms with Crippen molar-refractivity contribution in [1.82, 2.24) is 0 Å². The molecule has 0 aliphatic rings. The summed E-state index contributed by atoms with van der Waals surface area (Å²) >= 11 is 0. The van der Waals surface area contributed by atoms with E-state index in [-0.39, 0.29) is 0 Å². The van der Waals surface area contributed by atoms with E-state index >= 15 is 0 Å². The average Bonchev–Trinajstić information content (AvgIpc) is 2.18. The number of hydrogen-bond donors (Lipinski definition) is 0. The molecule has 0 atom stereocenters. The SMILES string of the molecule is CCCCCCCC(C)(N=[N+]=[N-])N=[N+]=[N-]. The molecule has 0 saturated carbocycles. The van der Waals surface area contributed by atoms with E-state index in [0.717, 1.165) is 12.8 Å². The van der Waals surface area contributed by atoms with E-state index in [9.17, 15) is 0 Å². The molecule has 84 valence electrons. The molecule has 0 aromatic carbocycles. The van der Waals surface area contributed by atoms with Gasteiger partial charge in [-0.05, 0) is 24.4 Å². The molecule has 6 heteroatoms. The molecule has 0 aliphatic heterocycles. The Balaban J connectivity index is 3.97. The van der Waals surface area contributed by atoms with Crippen LogP contribution in [0.2, 0.25) is 0 Å². The van der Waals surface area contributed by atoms with E-state index in [1.165, 1.54) is 19.3 Å². The zero-order valence-electron chi connectivity index (χ0n) is 9.43. The van der Waals surface area contributed by atoms with Gasteiger partial charge in [0.15, 0.2) is 0 Å². The summed E-state index contributed by atoms with van der Waals surface area (Å²) in [6.07, 6.45) is 6.23. The van der Waals surface area contributed by atoms with Gasteiger partial charge in [-0.2, -0.15) is 0 Å². The lowest BCUT2D eigenvalue weighted by Gasteiger charge is -2.16. The van der Waals surface area contributed by atoms with Crippen molar-refractivity contribution in [3.63, 3.8) is 0 Å². The lowest BCUT2D eigenvalue weighted by atomic mass is 10.0. The molecule has 0 aliphatic carbocycles. The third kappa shape index (κ3) is 6.66. The topological polar surface area (TPSA) is 97.5 Å². The summed E-state index contributed by atoms with van der Waals surface area (Å²) in [4.78, 5) is 5.40. The van der Waals surface area contributed by atoms with Crippen LogP contribution in [0.5, 0.6) is 0 Å². The van der Waals surface area contributed by atoms with Crippen LogP contribution >= 0.6 is 0 Å². The average molecular weight is 210 g/mol. The Hall–Kier alpha value is -1.38. The zero-order chi connectivity index (χ0) is 11.6. The highest BCUT2D eigenvalue weighted by Gasteiger charge is 2.19. The molecule has 0 aromatic heterocycles. The minimum atomic E-state index is -0.935. The Morgan fingerprint density at radius 2 is 1.53 bits per heavy atom. The number of hydrogen-bond acceptors (Lipinski definition) is 2. The number of rotatable bonds is 8. The predicted octanol–water partition coefficient (Wildman–Crippen LogP) is 4.68. The van der Waals surface area contributed by atoms with Gasteiger partial charge in [0.05, 0.1) is 0 Å². The summed E-state index contributed by atoms with van der Waals surface area (Å²) < 4.78 is 0. The standard InChI is InChI=1S/C9H18N6/c1-3-4-5-6-7-8-9(2,12-14-10)13-15-11/h3-8H2,1-2H3. The molecule has 0 saturated heterocycles. The first-order valence-electron chi connectivity index (χ1n) is 5.31. The van der Waals surface area contributed by atoms with Crippen LogP contribution in [0.1, 0.15) is 52.4 Å². The van der Waals surface area contributed by atoms with Crippen LogP contribution in [0, 0.1) is 0 Å². The van der Waals surface area contributed by atoms with Gasteiger partial charge in [0, 0.05) is 9.82 Å². The van der Waals surface area contributed by atoms with Crippen LogP contribution < -0.4 is 0 Å². The lowest BCUT2D eigenvalue weighted by Crippen LogP contribution is -2.16. The van der Waals surface area contributed by atoms with Crippen molar-refractivity contribution in [2.24, 2.45) is 10.2 Å². The van der Waals surface area contributed by atoms with E-state index in [0.29, 0.717) is 6.42 Å². The summed E-state index contributed by atoms with van der Waals surface area (Å²) in [5.74, 6) is 0. The van der Waals surface area contributed by atoms with Gasteiger partial charge < -0.3 is 0 Å². The Morgan fingerprint density at radius 1 is 1.00 bits per heavy atom. The highest BCUT2D eigenvalue weighted by molar-refractivity contribution is 4.80. The normalized spacial score (nSPS) is 13.5. The number of nitrogens with zero attached hydrogens (tertiary/aromatic N) is 6. The van der Waals surface area contributed by atoms with Gasteiger partial charge in [0.2, 0.25) is 0 Å². The second kappa shape index (κ2) is 7.97. The Morgan fingerprint density at radius 3 is 2.00 bits per heavy atom. The monoisotopic (exact) mass is 210 g/mol. The molecule has 0 spiro atoms. The molecule has 15 heavy (non-hydrogen) atoms. The first-order chi connectivity index (χ1) is 7.18. The lowest BCUT2D eigenvalue weighted by molar-refractivity contribution is 0.419. The maximum Gasteiger partial charge on any atom is 0.124 e. The van der Waals surface area contributed by atoms with Crippen LogP contribution in [0.25, 0.3) is 20.9 Å². The molecule has 0 unspecified atom stereocenters. The Bertz CT molecular complexity index is 244. The van der Waals surface area contributed by atoms with Gasteiger partial charge in [0.1, 0.15) is 5.66 Å². The van der Waals surface area contributed by atoms with Crippen LogP contribution in [0.15, 0.2) is 10.2 Å². The second-order valence-electron chi connectivity index (χ2n) is 3.76. The van der Waals surface area contributed by atoms with Gasteiger partial charge >= 0.3 is 0 Å². The second-order valence-corrected chi connectivity index (χ2v) is 3.76. The van der Waals surface area contributed by atoms with E-state index in [2.05, 4.69) is 27.0 Å². The number of azide groups is 1. The molecule has 0 heterocycles. The molecule has 0 amide bonds. The maximum absolute atomic E-state index is 8.34. The highest BCUT2D eigenvalue weighted by atomic mass is 15.3. The number of unbranched alkanes of at least 4 members (excludes halogenated alkanes) is 4. The molecule has 0 fully saturated rings. The molecular formula is C9H18N6. The molecule has 0 rings (SSSR count). The predicted molar refractivity (Wildman–Crippen MR) is 60.1 cm³/mol. The van der Waals surface area contributed by atoms with Crippen molar-refractivity contribution >= 4 is 0 Å². The molecule has 6 nitrogen and oxygen atoms in total. The van der Waals surface area contributed by atoms with Crippen LogP contribution in [0.4, 0.5) is 0 Å². The van der Waals surface area contributed by atoms with Gasteiger partial charge in [-0.3, -0.25) is 0 Å². The Labute approximate surface area is 89.9 Å². The third-order valence-corrected chi connectivity index (χ3v) is 2.27. The summed E-state index contributed by atoms with van der Waals surface area (Å²) in [5, 5.41) is 7.05. The molecular weight excluding hydrogens is 192 g/mol. The molecule has 0 radical (unpaired) electrons. The van der Waals surface area contributed by atoms with Crippen LogP contribution in [-0.2, 0) is 0 Å². The molecule has 0 bridgehead atoms. The van der Waals surface area contributed by atoms with E-state index < -0.39 is 5.66 Å². The largest absolute Gasteiger partial charge is 0.124 e. The van der Waals surface area contributed by atoms with Crippen LogP contribution in [0.3, 0.4) is 0 Å². The van der Waals surface area contributed by atoms with Crippen LogP contribution in [-0.4, -0.2) is 5.66 Å². The van der Waals surface area contributed by atoms with Crippen molar-refractivity contribution in [2.45, 2.75) is 58.0 Å². The van der Waals surface area contributed by atoms with Gasteiger partial charge in [-0.1, -0.05) is 49.3 Å². The Kier molecular flexibility index (Phi) is 7.24. The van der Waals surface area contributed by atoms with Crippen molar-refractivity contribution < 1.29 is 0 Å².